The number of hydrogen-bond donors (Lipinski definition) is 0. The lowest BCUT2D eigenvalue weighted by Crippen LogP contribution is -2.15. The minimum Gasteiger partial charge on any atom is -0.385 e. The average Bonchev–Trinajstić information content (AvgIpc) is 2.66. The molecule has 0 aliphatic heterocycles. The zero-order valence-electron chi connectivity index (χ0n) is 13.7. The largest absolute Gasteiger partial charge is 0.385 e. The summed E-state index contributed by atoms with van der Waals surface area (Å²) >= 11 is 0. The molecule has 0 amide bonds. The van der Waals surface area contributed by atoms with E-state index in [0.29, 0.717) is 24.3 Å². The van der Waals surface area contributed by atoms with Gasteiger partial charge in [0.1, 0.15) is 11.1 Å². The normalized spacial score (nSPS) is 10.1. The molecule has 0 aliphatic rings. The number of hydrogen-bond acceptors (Lipinski definition) is 11. The van der Waals surface area contributed by atoms with Crippen LogP contribution >= 0.6 is 0 Å². The third-order valence-electron chi connectivity index (χ3n) is 3.40. The zero-order valence-corrected chi connectivity index (χ0v) is 13.7. The minimum absolute atomic E-state index is 0.468. The van der Waals surface area contributed by atoms with Gasteiger partial charge in [0.25, 0.3) is 22.7 Å². The van der Waals surface area contributed by atoms with E-state index >= 15 is 0 Å². The number of rotatable bonds is 6. The summed E-state index contributed by atoms with van der Waals surface area (Å²) in [5.74, 6) is -3.21. The van der Waals surface area contributed by atoms with E-state index in [0.717, 1.165) is 12.1 Å². The highest BCUT2D eigenvalue weighted by atomic mass is 16.6. The van der Waals surface area contributed by atoms with Crippen molar-refractivity contribution in [3.8, 4) is 0 Å². The van der Waals surface area contributed by atoms with Crippen LogP contribution in [0.1, 0.15) is 20.7 Å². The number of nitro groups is 4. The molecule has 0 N–H and O–H groups in total. The van der Waals surface area contributed by atoms with E-state index in [1.54, 1.807) is 0 Å². The third-order valence-corrected chi connectivity index (χ3v) is 3.40. The van der Waals surface area contributed by atoms with Crippen LogP contribution in [0.15, 0.2) is 36.4 Å². The number of nitro benzene ring substituents is 4. The van der Waals surface area contributed by atoms with E-state index in [1.165, 1.54) is 0 Å². The summed E-state index contributed by atoms with van der Waals surface area (Å²) in [6.45, 7) is 0. The van der Waals surface area contributed by atoms with Gasteiger partial charge >= 0.3 is 11.9 Å². The molecule has 0 fully saturated rings. The molecule has 29 heavy (non-hydrogen) atoms. The lowest BCUT2D eigenvalue weighted by Gasteiger charge is -2.05. The lowest BCUT2D eigenvalue weighted by molar-refractivity contribution is -0.394. The van der Waals surface area contributed by atoms with Gasteiger partial charge in [0.15, 0.2) is 0 Å². The summed E-state index contributed by atoms with van der Waals surface area (Å²) in [6, 6.07) is 3.79. The third kappa shape index (κ3) is 4.30. The summed E-state index contributed by atoms with van der Waals surface area (Å²) in [6.07, 6.45) is 0. The Morgan fingerprint density at radius 3 is 1.24 bits per heavy atom. The van der Waals surface area contributed by atoms with Crippen LogP contribution in [-0.4, -0.2) is 31.6 Å². The van der Waals surface area contributed by atoms with Crippen LogP contribution in [0, 0.1) is 40.5 Å². The van der Waals surface area contributed by atoms with Crippen molar-refractivity contribution in [1.29, 1.82) is 0 Å². The van der Waals surface area contributed by atoms with Crippen molar-refractivity contribution in [3.63, 3.8) is 0 Å². The maximum atomic E-state index is 12.1. The van der Waals surface area contributed by atoms with Crippen LogP contribution in [0.3, 0.4) is 0 Å². The SMILES string of the molecule is O=C(OC(=O)c1ccc([N+](=O)[O-])cc1[N+](=O)[O-])c1ccc([N+](=O)[O-])cc1[N+](=O)[O-]. The summed E-state index contributed by atoms with van der Waals surface area (Å²) in [5.41, 5.74) is -5.11. The summed E-state index contributed by atoms with van der Waals surface area (Å²) in [7, 11) is 0. The van der Waals surface area contributed by atoms with Crippen LogP contribution in [-0.2, 0) is 4.74 Å². The summed E-state index contributed by atoms with van der Waals surface area (Å²) in [4.78, 5) is 63.5. The molecule has 2 rings (SSSR count). The molecule has 0 heterocycles. The smallest absolute Gasteiger partial charge is 0.353 e. The number of benzene rings is 2. The Morgan fingerprint density at radius 2 is 0.966 bits per heavy atom. The van der Waals surface area contributed by atoms with Crippen molar-refractivity contribution in [2.75, 3.05) is 0 Å². The molecule has 0 saturated heterocycles. The molecule has 0 bridgehead atoms. The van der Waals surface area contributed by atoms with Gasteiger partial charge in [0, 0.05) is 12.1 Å². The predicted octanol–water partition coefficient (Wildman–Crippen LogP) is 2.32. The number of ether oxygens (including phenoxy) is 1. The monoisotopic (exact) mass is 406 g/mol. The van der Waals surface area contributed by atoms with Gasteiger partial charge < -0.3 is 4.74 Å². The van der Waals surface area contributed by atoms with Gasteiger partial charge in [-0.25, -0.2) is 9.59 Å². The van der Waals surface area contributed by atoms with Gasteiger partial charge in [0.05, 0.1) is 31.8 Å². The molecule has 0 unspecified atom stereocenters. The van der Waals surface area contributed by atoms with Crippen molar-refractivity contribution in [1.82, 2.24) is 0 Å². The molecule has 0 radical (unpaired) electrons. The van der Waals surface area contributed by atoms with Gasteiger partial charge in [-0.1, -0.05) is 0 Å². The van der Waals surface area contributed by atoms with E-state index in [2.05, 4.69) is 4.74 Å². The minimum atomic E-state index is -1.61. The number of carbonyl (C=O) groups is 2. The van der Waals surface area contributed by atoms with E-state index in [1.807, 2.05) is 0 Å². The van der Waals surface area contributed by atoms with E-state index < -0.39 is 65.5 Å². The fourth-order valence-electron chi connectivity index (χ4n) is 2.11. The second kappa shape index (κ2) is 7.82. The Balaban J connectivity index is 2.40. The van der Waals surface area contributed by atoms with Crippen LogP contribution in [0.25, 0.3) is 0 Å². The first-order valence-electron chi connectivity index (χ1n) is 7.15. The standard InChI is InChI=1S/C14H6N4O11/c19-13(9-3-1-7(15(21)22)5-11(9)17(25)26)29-14(20)10-4-2-8(16(23)24)6-12(10)18(27)28/h1-6H. The van der Waals surface area contributed by atoms with Crippen LogP contribution in [0.2, 0.25) is 0 Å². The highest BCUT2D eigenvalue weighted by molar-refractivity contribution is 6.06. The maximum absolute atomic E-state index is 12.1. The molecule has 0 saturated carbocycles. The van der Waals surface area contributed by atoms with E-state index in [4.69, 9.17) is 0 Å². The number of nitrogens with zero attached hydrogens (tertiary/aromatic N) is 4. The van der Waals surface area contributed by atoms with Crippen molar-refractivity contribution < 1.29 is 34.0 Å². The maximum Gasteiger partial charge on any atom is 0.353 e. The van der Waals surface area contributed by atoms with Crippen molar-refractivity contribution in [2.45, 2.75) is 0 Å². The molecule has 0 atom stereocenters. The first-order valence-corrected chi connectivity index (χ1v) is 7.15. The van der Waals surface area contributed by atoms with Gasteiger partial charge in [-0.2, -0.15) is 0 Å². The van der Waals surface area contributed by atoms with Gasteiger partial charge in [-0.05, 0) is 12.1 Å². The number of carbonyl (C=O) groups excluding carboxylic acids is 2. The van der Waals surface area contributed by atoms with Crippen molar-refractivity contribution in [3.05, 3.63) is 88.0 Å². The second-order valence-electron chi connectivity index (χ2n) is 5.11. The molecular weight excluding hydrogens is 400 g/mol. The first kappa shape index (κ1) is 20.5. The fraction of sp³-hybridized carbons (Fsp3) is 0. The molecule has 148 valence electrons. The Hall–Kier alpha value is -4.82. The molecular formula is C14H6N4O11. The number of esters is 2. The Bertz CT molecular complexity index is 1010. The van der Waals surface area contributed by atoms with E-state index in [9.17, 15) is 50.0 Å². The first-order chi connectivity index (χ1) is 13.5. The van der Waals surface area contributed by atoms with Crippen LogP contribution in [0.5, 0.6) is 0 Å². The van der Waals surface area contributed by atoms with Gasteiger partial charge in [-0.15, -0.1) is 0 Å². The molecule has 0 aromatic heterocycles. The number of non-ortho nitro benzene ring substituents is 2. The molecule has 2 aromatic carbocycles. The summed E-state index contributed by atoms with van der Waals surface area (Å²) in [5, 5.41) is 43.5. The molecule has 15 nitrogen and oxygen atoms in total. The van der Waals surface area contributed by atoms with E-state index in [-0.39, 0.29) is 0 Å². The average molecular weight is 406 g/mol. The Kier molecular flexibility index (Phi) is 5.53. The van der Waals surface area contributed by atoms with Crippen LogP contribution < -0.4 is 0 Å². The Labute approximate surface area is 157 Å². The Morgan fingerprint density at radius 1 is 0.621 bits per heavy atom. The van der Waals surface area contributed by atoms with Gasteiger partial charge in [0.2, 0.25) is 0 Å². The highest BCUT2D eigenvalue weighted by Gasteiger charge is 2.30. The zero-order chi connectivity index (χ0) is 21.9. The lowest BCUT2D eigenvalue weighted by atomic mass is 10.1. The summed E-state index contributed by atoms with van der Waals surface area (Å²) < 4.78 is 4.38. The fourth-order valence-corrected chi connectivity index (χ4v) is 2.11. The molecule has 2 aromatic rings. The van der Waals surface area contributed by atoms with Crippen LogP contribution in [0.4, 0.5) is 22.7 Å². The molecule has 15 heteroatoms. The second-order valence-corrected chi connectivity index (χ2v) is 5.11. The van der Waals surface area contributed by atoms with Gasteiger partial charge in [-0.3, -0.25) is 40.5 Å². The van der Waals surface area contributed by atoms with Crippen molar-refractivity contribution in [2.24, 2.45) is 0 Å². The predicted molar refractivity (Wildman–Crippen MR) is 89.2 cm³/mol. The van der Waals surface area contributed by atoms with Crippen molar-refractivity contribution >= 4 is 34.7 Å². The topological polar surface area (TPSA) is 216 Å². The quantitative estimate of drug-likeness (QED) is 0.293. The molecule has 0 aliphatic carbocycles. The highest BCUT2D eigenvalue weighted by Crippen LogP contribution is 2.28. The molecule has 0 spiro atoms.